The van der Waals surface area contributed by atoms with Crippen molar-refractivity contribution in [3.05, 3.63) is 11.6 Å². The van der Waals surface area contributed by atoms with Crippen molar-refractivity contribution in [1.82, 2.24) is 0 Å². The third-order valence-corrected chi connectivity index (χ3v) is 1.53. The van der Waals surface area contributed by atoms with E-state index >= 15 is 0 Å². The first-order valence-corrected chi connectivity index (χ1v) is 3.88. The van der Waals surface area contributed by atoms with Crippen molar-refractivity contribution < 1.29 is 5.11 Å². The van der Waals surface area contributed by atoms with Gasteiger partial charge in [0, 0.05) is 0 Å². The monoisotopic (exact) mass is 152 g/mol. The molecule has 11 heavy (non-hydrogen) atoms. The number of aliphatic hydroxyl groups excluding tert-OH is 1. The number of hydrogen-bond acceptors (Lipinski definition) is 1. The highest BCUT2D eigenvalue weighted by atomic mass is 16.3. The number of rotatable bonds is 3. The van der Waals surface area contributed by atoms with Gasteiger partial charge in [-0.05, 0) is 30.9 Å². The predicted octanol–water partition coefficient (Wildman–Crippen LogP) is 1.97. The molecule has 0 rings (SSSR count). The van der Waals surface area contributed by atoms with E-state index in [4.69, 9.17) is 6.42 Å². The molecule has 1 heteroatoms. The summed E-state index contributed by atoms with van der Waals surface area (Å²) in [4.78, 5) is 0. The highest BCUT2D eigenvalue weighted by Gasteiger charge is 2.07. The number of hydrogen-bond donors (Lipinski definition) is 1. The molecule has 0 aromatic carbocycles. The fourth-order valence-corrected chi connectivity index (χ4v) is 0.860. The van der Waals surface area contributed by atoms with Gasteiger partial charge in [0.15, 0.2) is 0 Å². The lowest BCUT2D eigenvalue weighted by molar-refractivity contribution is 0.183. The zero-order valence-electron chi connectivity index (χ0n) is 7.46. The van der Waals surface area contributed by atoms with E-state index in [-0.39, 0.29) is 6.10 Å². The molecule has 1 unspecified atom stereocenters. The molecule has 0 aromatic rings. The SMILES string of the molecule is C#C/C=C(\C)C(O)CC(C)C. The standard InChI is InChI=1S/C10H16O/c1-5-6-9(4)10(11)7-8(2)3/h1,6,8,10-11H,7H2,2-4H3/b9-6+. The Balaban J connectivity index is 3.95. The molecule has 1 N–H and O–H groups in total. The van der Waals surface area contributed by atoms with Crippen molar-refractivity contribution in [1.29, 1.82) is 0 Å². The van der Waals surface area contributed by atoms with Crippen molar-refractivity contribution in [2.75, 3.05) is 0 Å². The van der Waals surface area contributed by atoms with Crippen LogP contribution in [0.15, 0.2) is 11.6 Å². The third-order valence-electron chi connectivity index (χ3n) is 1.53. The van der Waals surface area contributed by atoms with Crippen LogP contribution >= 0.6 is 0 Å². The summed E-state index contributed by atoms with van der Waals surface area (Å²) in [6.07, 6.45) is 7.09. The van der Waals surface area contributed by atoms with Crippen molar-refractivity contribution in [3.63, 3.8) is 0 Å². The first-order chi connectivity index (χ1) is 5.07. The minimum atomic E-state index is -0.369. The zero-order valence-corrected chi connectivity index (χ0v) is 7.46. The quantitative estimate of drug-likeness (QED) is 0.613. The molecule has 0 fully saturated rings. The van der Waals surface area contributed by atoms with E-state index in [1.165, 1.54) is 0 Å². The van der Waals surface area contributed by atoms with E-state index in [0.717, 1.165) is 12.0 Å². The highest BCUT2D eigenvalue weighted by molar-refractivity contribution is 5.18. The first kappa shape index (κ1) is 10.3. The molecule has 0 saturated carbocycles. The van der Waals surface area contributed by atoms with Gasteiger partial charge < -0.3 is 5.11 Å². The van der Waals surface area contributed by atoms with Crippen LogP contribution in [0.4, 0.5) is 0 Å². The summed E-state index contributed by atoms with van der Waals surface area (Å²) in [7, 11) is 0. The Morgan fingerprint density at radius 1 is 1.64 bits per heavy atom. The lowest BCUT2D eigenvalue weighted by atomic mass is 10.0. The normalized spacial score (nSPS) is 14.7. The Morgan fingerprint density at radius 2 is 2.18 bits per heavy atom. The van der Waals surface area contributed by atoms with Crippen LogP contribution in [0.3, 0.4) is 0 Å². The Labute approximate surface area is 69.1 Å². The summed E-state index contributed by atoms with van der Waals surface area (Å²) in [6, 6.07) is 0. The van der Waals surface area contributed by atoms with Gasteiger partial charge in [-0.25, -0.2) is 0 Å². The molecular formula is C10H16O. The second-order valence-electron chi connectivity index (χ2n) is 3.20. The lowest BCUT2D eigenvalue weighted by Crippen LogP contribution is -2.11. The Bertz CT molecular complexity index is 172. The molecule has 0 radical (unpaired) electrons. The fourth-order valence-electron chi connectivity index (χ4n) is 0.860. The summed E-state index contributed by atoms with van der Waals surface area (Å²) in [6.45, 7) is 6.01. The zero-order chi connectivity index (χ0) is 8.85. The average Bonchev–Trinajstić information content (AvgIpc) is 1.86. The molecule has 0 spiro atoms. The summed E-state index contributed by atoms with van der Waals surface area (Å²) in [5, 5.41) is 9.46. The Morgan fingerprint density at radius 3 is 2.55 bits per heavy atom. The maximum atomic E-state index is 9.46. The van der Waals surface area contributed by atoms with Crippen molar-refractivity contribution in [3.8, 4) is 12.3 Å². The summed E-state index contributed by atoms with van der Waals surface area (Å²) < 4.78 is 0. The lowest BCUT2D eigenvalue weighted by Gasteiger charge is -2.12. The van der Waals surface area contributed by atoms with Gasteiger partial charge in [-0.15, -0.1) is 6.42 Å². The van der Waals surface area contributed by atoms with Gasteiger partial charge in [0.2, 0.25) is 0 Å². The highest BCUT2D eigenvalue weighted by Crippen LogP contribution is 2.11. The molecule has 0 aliphatic heterocycles. The second-order valence-corrected chi connectivity index (χ2v) is 3.20. The van der Waals surface area contributed by atoms with Crippen LogP contribution in [0.2, 0.25) is 0 Å². The van der Waals surface area contributed by atoms with Gasteiger partial charge in [-0.1, -0.05) is 19.8 Å². The van der Waals surface area contributed by atoms with Crippen LogP contribution in [0.1, 0.15) is 27.2 Å². The summed E-state index contributed by atoms with van der Waals surface area (Å²) in [5.74, 6) is 2.91. The molecule has 0 amide bonds. The molecule has 1 nitrogen and oxygen atoms in total. The molecule has 0 aliphatic rings. The van der Waals surface area contributed by atoms with Gasteiger partial charge in [0.25, 0.3) is 0 Å². The summed E-state index contributed by atoms with van der Waals surface area (Å²) >= 11 is 0. The number of terminal acetylenes is 1. The van der Waals surface area contributed by atoms with E-state index in [2.05, 4.69) is 19.8 Å². The topological polar surface area (TPSA) is 20.2 Å². The molecule has 0 saturated heterocycles. The number of aliphatic hydroxyl groups is 1. The predicted molar refractivity (Wildman–Crippen MR) is 48.1 cm³/mol. The average molecular weight is 152 g/mol. The molecular weight excluding hydrogens is 136 g/mol. The van der Waals surface area contributed by atoms with Crippen LogP contribution in [-0.4, -0.2) is 11.2 Å². The van der Waals surface area contributed by atoms with Crippen LogP contribution in [0, 0.1) is 18.3 Å². The van der Waals surface area contributed by atoms with Crippen LogP contribution in [-0.2, 0) is 0 Å². The minimum absolute atomic E-state index is 0.369. The minimum Gasteiger partial charge on any atom is -0.389 e. The van der Waals surface area contributed by atoms with Crippen molar-refractivity contribution >= 4 is 0 Å². The maximum Gasteiger partial charge on any atom is 0.0759 e. The van der Waals surface area contributed by atoms with Crippen molar-refractivity contribution in [2.45, 2.75) is 33.3 Å². The van der Waals surface area contributed by atoms with Gasteiger partial charge in [-0.2, -0.15) is 0 Å². The molecule has 0 heterocycles. The third kappa shape index (κ3) is 4.64. The van der Waals surface area contributed by atoms with E-state index in [1.807, 2.05) is 6.92 Å². The Hall–Kier alpha value is -0.740. The van der Waals surface area contributed by atoms with Gasteiger partial charge >= 0.3 is 0 Å². The van der Waals surface area contributed by atoms with E-state index in [0.29, 0.717) is 5.92 Å². The van der Waals surface area contributed by atoms with Crippen molar-refractivity contribution in [2.24, 2.45) is 5.92 Å². The summed E-state index contributed by atoms with van der Waals surface area (Å²) in [5.41, 5.74) is 0.876. The van der Waals surface area contributed by atoms with E-state index < -0.39 is 0 Å². The second kappa shape index (κ2) is 4.98. The van der Waals surface area contributed by atoms with Crippen LogP contribution < -0.4 is 0 Å². The van der Waals surface area contributed by atoms with E-state index in [9.17, 15) is 5.11 Å². The first-order valence-electron chi connectivity index (χ1n) is 3.88. The van der Waals surface area contributed by atoms with Crippen LogP contribution in [0.5, 0.6) is 0 Å². The molecule has 0 bridgehead atoms. The van der Waals surface area contributed by atoms with Gasteiger partial charge in [-0.3, -0.25) is 0 Å². The molecule has 0 aliphatic carbocycles. The van der Waals surface area contributed by atoms with Gasteiger partial charge in [0.05, 0.1) is 6.10 Å². The van der Waals surface area contributed by atoms with Crippen LogP contribution in [0.25, 0.3) is 0 Å². The molecule has 0 aromatic heterocycles. The van der Waals surface area contributed by atoms with Gasteiger partial charge in [0.1, 0.15) is 0 Å². The number of allylic oxidation sites excluding steroid dienone is 1. The maximum absolute atomic E-state index is 9.46. The fraction of sp³-hybridized carbons (Fsp3) is 0.600. The molecule has 62 valence electrons. The smallest absolute Gasteiger partial charge is 0.0759 e. The van der Waals surface area contributed by atoms with E-state index in [1.54, 1.807) is 6.08 Å². The largest absolute Gasteiger partial charge is 0.389 e. The molecule has 1 atom stereocenters. The Kier molecular flexibility index (Phi) is 4.65.